The van der Waals surface area contributed by atoms with Gasteiger partial charge in [-0.1, -0.05) is 29.8 Å². The summed E-state index contributed by atoms with van der Waals surface area (Å²) in [6.45, 7) is 3.10. The average molecular weight is 226 g/mol. The molecule has 0 fully saturated rings. The molecule has 0 aliphatic heterocycles. The monoisotopic (exact) mass is 225 g/mol. The summed E-state index contributed by atoms with van der Waals surface area (Å²) in [5.74, 6) is 0.825. The predicted molar refractivity (Wildman–Crippen MR) is 64.5 cm³/mol. The second kappa shape index (κ2) is 6.49. The molecule has 0 spiro atoms. The van der Waals surface area contributed by atoms with Gasteiger partial charge in [-0.3, -0.25) is 0 Å². The van der Waals surface area contributed by atoms with Crippen molar-refractivity contribution in [1.82, 2.24) is 0 Å². The first kappa shape index (κ1) is 12.1. The number of ether oxygens (including phenoxy) is 1. The van der Waals surface area contributed by atoms with Crippen LogP contribution in [0.15, 0.2) is 30.4 Å². The third kappa shape index (κ3) is 3.57. The smallest absolute Gasteiger partial charge is 0.124 e. The van der Waals surface area contributed by atoms with Crippen LogP contribution in [0.25, 0.3) is 0 Å². The van der Waals surface area contributed by atoms with E-state index < -0.39 is 0 Å². The van der Waals surface area contributed by atoms with E-state index in [9.17, 15) is 0 Å². The van der Waals surface area contributed by atoms with Crippen LogP contribution < -0.4 is 10.5 Å². The summed E-state index contributed by atoms with van der Waals surface area (Å²) in [5.41, 5.74) is 6.52. The van der Waals surface area contributed by atoms with Gasteiger partial charge in [0.2, 0.25) is 0 Å². The Morgan fingerprint density at radius 3 is 2.93 bits per heavy atom. The molecule has 0 aliphatic rings. The van der Waals surface area contributed by atoms with Crippen molar-refractivity contribution in [2.75, 3.05) is 13.2 Å². The molecule has 0 amide bonds. The quantitative estimate of drug-likeness (QED) is 0.783. The zero-order chi connectivity index (χ0) is 11.1. The van der Waals surface area contributed by atoms with Gasteiger partial charge in [-0.15, -0.1) is 0 Å². The number of rotatable bonds is 5. The zero-order valence-electron chi connectivity index (χ0n) is 8.87. The van der Waals surface area contributed by atoms with E-state index in [0.717, 1.165) is 22.8 Å². The lowest BCUT2D eigenvalue weighted by atomic mass is 10.1. The highest BCUT2D eigenvalue weighted by atomic mass is 35.5. The van der Waals surface area contributed by atoms with Crippen LogP contribution in [-0.2, 0) is 6.42 Å². The fourth-order valence-corrected chi connectivity index (χ4v) is 1.56. The molecule has 3 heteroatoms. The van der Waals surface area contributed by atoms with Crippen LogP contribution in [0.5, 0.6) is 5.75 Å². The fraction of sp³-hybridized carbons (Fsp3) is 0.333. The van der Waals surface area contributed by atoms with Gasteiger partial charge < -0.3 is 10.5 Å². The van der Waals surface area contributed by atoms with E-state index >= 15 is 0 Å². The first-order valence-corrected chi connectivity index (χ1v) is 5.38. The molecule has 0 atom stereocenters. The summed E-state index contributed by atoms with van der Waals surface area (Å²) in [6, 6.07) is 5.66. The molecule has 0 aromatic heterocycles. The molecule has 0 heterocycles. The maximum absolute atomic E-state index is 6.07. The van der Waals surface area contributed by atoms with Crippen LogP contribution in [-0.4, -0.2) is 13.2 Å². The molecular weight excluding hydrogens is 210 g/mol. The number of benzene rings is 1. The average Bonchev–Trinajstić information content (AvgIpc) is 2.23. The minimum atomic E-state index is 0.564. The molecule has 0 bridgehead atoms. The highest BCUT2D eigenvalue weighted by molar-refractivity contribution is 6.31. The molecule has 1 aromatic rings. The van der Waals surface area contributed by atoms with Crippen molar-refractivity contribution in [2.24, 2.45) is 5.73 Å². The fourth-order valence-electron chi connectivity index (χ4n) is 1.30. The molecule has 0 saturated carbocycles. The maximum Gasteiger partial charge on any atom is 0.124 e. The van der Waals surface area contributed by atoms with Gasteiger partial charge in [0.05, 0.1) is 0 Å². The van der Waals surface area contributed by atoms with Crippen LogP contribution in [0.2, 0.25) is 5.02 Å². The lowest BCUT2D eigenvalue weighted by Crippen LogP contribution is -2.06. The van der Waals surface area contributed by atoms with E-state index in [4.69, 9.17) is 22.1 Å². The van der Waals surface area contributed by atoms with Crippen LogP contribution in [0.4, 0.5) is 0 Å². The Morgan fingerprint density at radius 1 is 1.47 bits per heavy atom. The van der Waals surface area contributed by atoms with Crippen LogP contribution in [0.1, 0.15) is 12.5 Å². The second-order valence-electron chi connectivity index (χ2n) is 3.14. The van der Waals surface area contributed by atoms with Gasteiger partial charge in [-0.2, -0.15) is 0 Å². The predicted octanol–water partition coefficient (Wildman–Crippen LogP) is 2.80. The van der Waals surface area contributed by atoms with Gasteiger partial charge in [0.15, 0.2) is 0 Å². The van der Waals surface area contributed by atoms with E-state index in [1.807, 2.05) is 37.3 Å². The summed E-state index contributed by atoms with van der Waals surface area (Å²) in [7, 11) is 0. The Kier molecular flexibility index (Phi) is 5.22. The van der Waals surface area contributed by atoms with Crippen LogP contribution in [0, 0.1) is 0 Å². The summed E-state index contributed by atoms with van der Waals surface area (Å²) in [5, 5.41) is 0.721. The van der Waals surface area contributed by atoms with Gasteiger partial charge in [-0.25, -0.2) is 0 Å². The van der Waals surface area contributed by atoms with Gasteiger partial charge >= 0.3 is 0 Å². The molecule has 2 nitrogen and oxygen atoms in total. The minimum absolute atomic E-state index is 0.564. The van der Waals surface area contributed by atoms with E-state index in [-0.39, 0.29) is 0 Å². The molecule has 0 saturated heterocycles. The molecule has 15 heavy (non-hydrogen) atoms. The largest absolute Gasteiger partial charge is 0.489 e. The normalized spacial score (nSPS) is 10.9. The molecule has 1 rings (SSSR count). The van der Waals surface area contributed by atoms with E-state index in [1.165, 1.54) is 0 Å². The van der Waals surface area contributed by atoms with Crippen LogP contribution in [0.3, 0.4) is 0 Å². The Labute approximate surface area is 95.7 Å². The summed E-state index contributed by atoms with van der Waals surface area (Å²) in [6.07, 6.45) is 4.64. The standard InChI is InChI=1S/C12H16ClNO/c1-2-3-9-15-12-6-4-5-11(13)10(12)7-8-14/h2-6H,7-9,14H2,1H3/b3-2+. The van der Waals surface area contributed by atoms with Crippen molar-refractivity contribution >= 4 is 11.6 Å². The highest BCUT2D eigenvalue weighted by Gasteiger charge is 2.06. The van der Waals surface area contributed by atoms with E-state index in [0.29, 0.717) is 13.2 Å². The summed E-state index contributed by atoms with van der Waals surface area (Å²) in [4.78, 5) is 0. The number of halogens is 1. The number of allylic oxidation sites excluding steroid dienone is 1. The number of hydrogen-bond donors (Lipinski definition) is 1. The molecule has 2 N–H and O–H groups in total. The lowest BCUT2D eigenvalue weighted by molar-refractivity contribution is 0.358. The van der Waals surface area contributed by atoms with Gasteiger partial charge in [-0.05, 0) is 32.0 Å². The van der Waals surface area contributed by atoms with Crippen molar-refractivity contribution < 1.29 is 4.74 Å². The van der Waals surface area contributed by atoms with Crippen molar-refractivity contribution in [3.63, 3.8) is 0 Å². The van der Waals surface area contributed by atoms with Gasteiger partial charge in [0.25, 0.3) is 0 Å². The van der Waals surface area contributed by atoms with Gasteiger partial charge in [0, 0.05) is 10.6 Å². The SMILES string of the molecule is C/C=C/COc1cccc(Cl)c1CCN. The molecular formula is C12H16ClNO. The number of hydrogen-bond acceptors (Lipinski definition) is 2. The second-order valence-corrected chi connectivity index (χ2v) is 3.54. The topological polar surface area (TPSA) is 35.2 Å². The maximum atomic E-state index is 6.07. The molecule has 0 aliphatic carbocycles. The Morgan fingerprint density at radius 2 is 2.27 bits per heavy atom. The Balaban J connectivity index is 2.80. The van der Waals surface area contributed by atoms with E-state index in [1.54, 1.807) is 0 Å². The Bertz CT molecular complexity index is 336. The van der Waals surface area contributed by atoms with Crippen molar-refractivity contribution in [1.29, 1.82) is 0 Å². The highest BCUT2D eigenvalue weighted by Crippen LogP contribution is 2.26. The zero-order valence-corrected chi connectivity index (χ0v) is 9.63. The van der Waals surface area contributed by atoms with Gasteiger partial charge in [0.1, 0.15) is 12.4 Å². The van der Waals surface area contributed by atoms with E-state index in [2.05, 4.69) is 0 Å². The first-order valence-electron chi connectivity index (χ1n) is 5.01. The molecule has 0 radical (unpaired) electrons. The van der Waals surface area contributed by atoms with Crippen molar-refractivity contribution in [3.05, 3.63) is 40.9 Å². The first-order chi connectivity index (χ1) is 7.29. The Hall–Kier alpha value is -0.990. The third-order valence-electron chi connectivity index (χ3n) is 2.04. The number of nitrogens with two attached hydrogens (primary N) is 1. The molecule has 1 aromatic carbocycles. The van der Waals surface area contributed by atoms with Crippen molar-refractivity contribution in [3.8, 4) is 5.75 Å². The molecule has 82 valence electrons. The summed E-state index contributed by atoms with van der Waals surface area (Å²) < 4.78 is 5.58. The van der Waals surface area contributed by atoms with Crippen molar-refractivity contribution in [2.45, 2.75) is 13.3 Å². The lowest BCUT2D eigenvalue weighted by Gasteiger charge is -2.10. The molecule has 0 unspecified atom stereocenters. The third-order valence-corrected chi connectivity index (χ3v) is 2.40. The summed E-state index contributed by atoms with van der Waals surface area (Å²) >= 11 is 6.07. The minimum Gasteiger partial charge on any atom is -0.489 e. The van der Waals surface area contributed by atoms with Crippen LogP contribution >= 0.6 is 11.6 Å².